The maximum absolute atomic E-state index is 2.70. The first-order valence-corrected chi connectivity index (χ1v) is 17.6. The van der Waals surface area contributed by atoms with Crippen LogP contribution < -0.4 is 0 Å². The zero-order valence-corrected chi connectivity index (χ0v) is 24.3. The third-order valence-corrected chi connectivity index (χ3v) is 17.0. The second-order valence-corrected chi connectivity index (χ2v) is 16.9. The molecule has 7 rings (SSSR count). The summed E-state index contributed by atoms with van der Waals surface area (Å²) in [7, 11) is 0. The summed E-state index contributed by atoms with van der Waals surface area (Å²) >= 11 is -2.70. The number of hydrogen-bond donors (Lipinski definition) is 0. The molecule has 0 heterocycles. The maximum atomic E-state index is 2.64. The van der Waals surface area contributed by atoms with Crippen LogP contribution in [0, 0.1) is 6.92 Å². The molecular formula is C37H30Zr. The van der Waals surface area contributed by atoms with Gasteiger partial charge >= 0.3 is 235 Å². The predicted octanol–water partition coefficient (Wildman–Crippen LogP) is 9.11. The summed E-state index contributed by atoms with van der Waals surface area (Å²) in [5.74, 6) is 0. The average molecular weight is 566 g/mol. The fourth-order valence-corrected chi connectivity index (χ4v) is 17.2. The number of rotatable bonds is 4. The number of benzene rings is 5. The van der Waals surface area contributed by atoms with Crippen molar-refractivity contribution in [2.75, 3.05) is 0 Å². The summed E-state index contributed by atoms with van der Waals surface area (Å²) in [5, 5.41) is 0. The van der Waals surface area contributed by atoms with Gasteiger partial charge in [0.25, 0.3) is 0 Å². The number of hydrogen-bond acceptors (Lipinski definition) is 0. The number of allylic oxidation sites excluding steroid dienone is 2. The van der Waals surface area contributed by atoms with Crippen LogP contribution in [0.15, 0.2) is 133 Å². The Labute approximate surface area is 233 Å². The number of fused-ring (bicyclic) bond motifs is 4. The fraction of sp³-hybridized carbons (Fsp3) is 0.108. The minimum absolute atomic E-state index is 0.444. The Bertz CT molecular complexity index is 1640. The van der Waals surface area contributed by atoms with Crippen LogP contribution in [-0.4, -0.2) is 3.21 Å². The van der Waals surface area contributed by atoms with E-state index >= 15 is 0 Å². The summed E-state index contributed by atoms with van der Waals surface area (Å²) in [5.41, 5.74) is 14.6. The SMILES string of the molecule is CC1=C[CH]([Zr](=[C](c2ccccc2)c2ccccc2)[CH]2c3ccccc3-c3ccccc32)c2c(C)cccc21. The van der Waals surface area contributed by atoms with Crippen LogP contribution in [0.25, 0.3) is 16.7 Å². The van der Waals surface area contributed by atoms with Crippen molar-refractivity contribution >= 4 is 8.78 Å². The van der Waals surface area contributed by atoms with E-state index in [1.54, 1.807) is 8.77 Å². The zero-order valence-electron chi connectivity index (χ0n) is 21.9. The van der Waals surface area contributed by atoms with Crippen molar-refractivity contribution in [3.05, 3.63) is 172 Å². The third-order valence-electron chi connectivity index (χ3n) is 8.37. The van der Waals surface area contributed by atoms with Gasteiger partial charge in [0.1, 0.15) is 0 Å². The van der Waals surface area contributed by atoms with E-state index in [1.807, 2.05) is 0 Å². The van der Waals surface area contributed by atoms with Gasteiger partial charge in [0.05, 0.1) is 0 Å². The summed E-state index contributed by atoms with van der Waals surface area (Å²) in [6, 6.07) is 47.9. The molecule has 38 heavy (non-hydrogen) atoms. The van der Waals surface area contributed by atoms with Gasteiger partial charge in [-0.1, -0.05) is 0 Å². The van der Waals surface area contributed by atoms with E-state index in [1.165, 1.54) is 50.1 Å². The molecule has 1 atom stereocenters. The topological polar surface area (TPSA) is 0 Å². The third kappa shape index (κ3) is 3.79. The van der Waals surface area contributed by atoms with Crippen LogP contribution in [-0.2, 0) is 21.3 Å². The summed E-state index contributed by atoms with van der Waals surface area (Å²) < 4.78 is 2.53. The number of aryl methyl sites for hydroxylation is 1. The van der Waals surface area contributed by atoms with Gasteiger partial charge in [-0.15, -0.1) is 0 Å². The van der Waals surface area contributed by atoms with Crippen molar-refractivity contribution in [3.63, 3.8) is 0 Å². The average Bonchev–Trinajstić information content (AvgIpc) is 3.48. The molecule has 0 radical (unpaired) electrons. The molecule has 0 aliphatic heterocycles. The Morgan fingerprint density at radius 3 is 1.61 bits per heavy atom. The zero-order chi connectivity index (χ0) is 25.6. The van der Waals surface area contributed by atoms with Crippen molar-refractivity contribution < 1.29 is 21.3 Å². The molecule has 1 unspecified atom stereocenters. The van der Waals surface area contributed by atoms with Gasteiger partial charge in [0.2, 0.25) is 0 Å². The van der Waals surface area contributed by atoms with Crippen molar-refractivity contribution in [2.24, 2.45) is 0 Å². The molecule has 0 nitrogen and oxygen atoms in total. The molecule has 0 aromatic heterocycles. The standard InChI is InChI=1S/C13H9.C13H10.C11H11.Zr/c1-3-7-12-10(5-1)9-11-6-2-4-8-13(11)12;1-3-7-12(8-4-1)11-13-9-5-2-6-10-13;1-8-4-3-5-10-9(2)6-7-11(8)10;/h1-9H;1-10H;3-7H,1-2H3;. The second kappa shape index (κ2) is 9.72. The van der Waals surface area contributed by atoms with Gasteiger partial charge in [-0.05, 0) is 0 Å². The van der Waals surface area contributed by atoms with Crippen molar-refractivity contribution in [1.29, 1.82) is 0 Å². The molecule has 2 aliphatic carbocycles. The van der Waals surface area contributed by atoms with E-state index in [9.17, 15) is 0 Å². The predicted molar refractivity (Wildman–Crippen MR) is 157 cm³/mol. The van der Waals surface area contributed by atoms with Gasteiger partial charge in [-0.3, -0.25) is 0 Å². The first kappa shape index (κ1) is 23.7. The normalized spacial score (nSPS) is 15.4. The van der Waals surface area contributed by atoms with Gasteiger partial charge < -0.3 is 0 Å². The molecule has 182 valence electrons. The van der Waals surface area contributed by atoms with Crippen LogP contribution in [0.5, 0.6) is 0 Å². The molecule has 0 N–H and O–H groups in total. The molecule has 0 bridgehead atoms. The fourth-order valence-electron chi connectivity index (χ4n) is 6.79. The summed E-state index contributed by atoms with van der Waals surface area (Å²) in [6.45, 7) is 4.64. The summed E-state index contributed by atoms with van der Waals surface area (Å²) in [4.78, 5) is 0. The Kier molecular flexibility index (Phi) is 6.06. The van der Waals surface area contributed by atoms with Gasteiger partial charge in [0, 0.05) is 0 Å². The molecular weight excluding hydrogens is 536 g/mol. The monoisotopic (exact) mass is 564 g/mol. The van der Waals surface area contributed by atoms with Gasteiger partial charge in [0.15, 0.2) is 0 Å². The molecule has 0 saturated carbocycles. The first-order chi connectivity index (χ1) is 18.7. The van der Waals surface area contributed by atoms with Crippen LogP contribution in [0.4, 0.5) is 0 Å². The quantitative estimate of drug-likeness (QED) is 0.204. The van der Waals surface area contributed by atoms with E-state index in [-0.39, 0.29) is 0 Å². The van der Waals surface area contributed by atoms with E-state index in [0.717, 1.165) is 0 Å². The minimum atomic E-state index is -2.70. The van der Waals surface area contributed by atoms with E-state index < -0.39 is 21.3 Å². The molecule has 1 heteroatoms. The van der Waals surface area contributed by atoms with Crippen molar-refractivity contribution in [2.45, 2.75) is 21.1 Å². The second-order valence-electron chi connectivity index (χ2n) is 10.5. The van der Waals surface area contributed by atoms with E-state index in [0.29, 0.717) is 7.25 Å². The Morgan fingerprint density at radius 2 is 1.03 bits per heavy atom. The molecule has 5 aromatic rings. The van der Waals surface area contributed by atoms with Crippen LogP contribution in [0.2, 0.25) is 0 Å². The van der Waals surface area contributed by atoms with Crippen LogP contribution >= 0.6 is 0 Å². The Balaban J connectivity index is 1.63. The first-order valence-electron chi connectivity index (χ1n) is 13.5. The van der Waals surface area contributed by atoms with Crippen molar-refractivity contribution in [3.8, 4) is 11.1 Å². The Morgan fingerprint density at radius 1 is 0.526 bits per heavy atom. The Hall–Kier alpha value is -3.41. The van der Waals surface area contributed by atoms with E-state index in [2.05, 4.69) is 147 Å². The molecule has 2 aliphatic rings. The van der Waals surface area contributed by atoms with E-state index in [4.69, 9.17) is 0 Å². The van der Waals surface area contributed by atoms with Gasteiger partial charge in [-0.2, -0.15) is 0 Å². The summed E-state index contributed by atoms with van der Waals surface area (Å²) in [6.07, 6.45) is 2.64. The van der Waals surface area contributed by atoms with Crippen molar-refractivity contribution in [1.82, 2.24) is 0 Å². The van der Waals surface area contributed by atoms with Crippen LogP contribution in [0.1, 0.15) is 53.1 Å². The van der Waals surface area contributed by atoms with Crippen LogP contribution in [0.3, 0.4) is 0 Å². The molecule has 0 saturated heterocycles. The molecule has 0 fully saturated rings. The van der Waals surface area contributed by atoms with Gasteiger partial charge in [-0.25, -0.2) is 0 Å². The molecule has 0 spiro atoms. The molecule has 5 aromatic carbocycles. The molecule has 0 amide bonds.